The van der Waals surface area contributed by atoms with Gasteiger partial charge in [-0.2, -0.15) is 0 Å². The van der Waals surface area contributed by atoms with E-state index >= 15 is 0 Å². The molecule has 1 heterocycles. The van der Waals surface area contributed by atoms with E-state index in [-0.39, 0.29) is 5.92 Å². The number of terminal acetylenes is 1. The molecular formula is C13H18O2. The second-order valence-electron chi connectivity index (χ2n) is 3.73. The second-order valence-corrected chi connectivity index (χ2v) is 3.73. The molecule has 1 aromatic rings. The van der Waals surface area contributed by atoms with E-state index in [9.17, 15) is 5.11 Å². The van der Waals surface area contributed by atoms with Crippen LogP contribution in [-0.4, -0.2) is 5.11 Å². The number of hydrogen-bond acceptors (Lipinski definition) is 2. The van der Waals surface area contributed by atoms with Crippen LogP contribution in [0.3, 0.4) is 0 Å². The van der Waals surface area contributed by atoms with E-state index in [1.807, 2.05) is 0 Å². The van der Waals surface area contributed by atoms with Crippen molar-refractivity contribution in [3.05, 3.63) is 24.2 Å². The lowest BCUT2D eigenvalue weighted by molar-refractivity contribution is 0.106. The SMILES string of the molecule is C#C[C@@H](CCCCC)[C@H](O)c1ccco1. The summed E-state index contributed by atoms with van der Waals surface area (Å²) in [7, 11) is 0. The van der Waals surface area contributed by atoms with E-state index in [1.54, 1.807) is 18.4 Å². The molecule has 0 spiro atoms. The summed E-state index contributed by atoms with van der Waals surface area (Å²) >= 11 is 0. The van der Waals surface area contributed by atoms with Gasteiger partial charge in [0.2, 0.25) is 0 Å². The Morgan fingerprint density at radius 1 is 1.53 bits per heavy atom. The first-order valence-corrected chi connectivity index (χ1v) is 5.47. The molecule has 0 amide bonds. The Bertz CT molecular complexity index is 295. The summed E-state index contributed by atoms with van der Waals surface area (Å²) < 4.78 is 5.14. The molecule has 0 unspecified atom stereocenters. The van der Waals surface area contributed by atoms with Gasteiger partial charge in [0.15, 0.2) is 0 Å². The maximum Gasteiger partial charge on any atom is 0.133 e. The Labute approximate surface area is 91.3 Å². The van der Waals surface area contributed by atoms with E-state index < -0.39 is 6.10 Å². The van der Waals surface area contributed by atoms with Gasteiger partial charge in [0, 0.05) is 0 Å². The quantitative estimate of drug-likeness (QED) is 0.573. The lowest BCUT2D eigenvalue weighted by atomic mass is 9.95. The van der Waals surface area contributed by atoms with Crippen molar-refractivity contribution in [2.24, 2.45) is 5.92 Å². The monoisotopic (exact) mass is 206 g/mol. The molecule has 1 N–H and O–H groups in total. The zero-order valence-electron chi connectivity index (χ0n) is 9.15. The average Bonchev–Trinajstić information content (AvgIpc) is 2.77. The topological polar surface area (TPSA) is 33.4 Å². The average molecular weight is 206 g/mol. The highest BCUT2D eigenvalue weighted by atomic mass is 16.4. The molecule has 0 aliphatic rings. The third-order valence-electron chi connectivity index (χ3n) is 2.55. The summed E-state index contributed by atoms with van der Waals surface area (Å²) in [6, 6.07) is 3.52. The van der Waals surface area contributed by atoms with Crippen LogP contribution in [0.25, 0.3) is 0 Å². The molecule has 2 heteroatoms. The summed E-state index contributed by atoms with van der Waals surface area (Å²) in [4.78, 5) is 0. The van der Waals surface area contributed by atoms with E-state index in [0.717, 1.165) is 25.7 Å². The van der Waals surface area contributed by atoms with E-state index in [2.05, 4.69) is 12.8 Å². The minimum atomic E-state index is -0.665. The third-order valence-corrected chi connectivity index (χ3v) is 2.55. The molecule has 82 valence electrons. The van der Waals surface area contributed by atoms with Crippen LogP contribution in [0.2, 0.25) is 0 Å². The Morgan fingerprint density at radius 2 is 2.33 bits per heavy atom. The fraction of sp³-hybridized carbons (Fsp3) is 0.538. The normalized spacial score (nSPS) is 14.5. The number of rotatable bonds is 6. The van der Waals surface area contributed by atoms with Crippen LogP contribution in [0.1, 0.15) is 44.5 Å². The highest BCUT2D eigenvalue weighted by molar-refractivity contribution is 5.08. The predicted molar refractivity (Wildman–Crippen MR) is 60.1 cm³/mol. The van der Waals surface area contributed by atoms with Crippen molar-refractivity contribution in [3.8, 4) is 12.3 Å². The fourth-order valence-corrected chi connectivity index (χ4v) is 1.60. The van der Waals surface area contributed by atoms with Gasteiger partial charge in [-0.05, 0) is 18.6 Å². The number of unbranched alkanes of at least 4 members (excludes halogenated alkanes) is 2. The van der Waals surface area contributed by atoms with Crippen LogP contribution in [0.5, 0.6) is 0 Å². The number of hydrogen-bond donors (Lipinski definition) is 1. The molecule has 2 nitrogen and oxygen atoms in total. The highest BCUT2D eigenvalue weighted by Crippen LogP contribution is 2.26. The molecule has 0 radical (unpaired) electrons. The Kier molecular flexibility index (Phi) is 5.00. The molecule has 1 aromatic heterocycles. The fourth-order valence-electron chi connectivity index (χ4n) is 1.60. The van der Waals surface area contributed by atoms with E-state index in [1.165, 1.54) is 0 Å². The van der Waals surface area contributed by atoms with Crippen molar-refractivity contribution >= 4 is 0 Å². The Hall–Kier alpha value is -1.20. The first-order chi connectivity index (χ1) is 7.29. The molecule has 1 rings (SSSR count). The van der Waals surface area contributed by atoms with Crippen molar-refractivity contribution < 1.29 is 9.52 Å². The van der Waals surface area contributed by atoms with Crippen LogP contribution in [-0.2, 0) is 0 Å². The van der Waals surface area contributed by atoms with E-state index in [4.69, 9.17) is 10.8 Å². The van der Waals surface area contributed by atoms with Crippen molar-refractivity contribution in [3.63, 3.8) is 0 Å². The van der Waals surface area contributed by atoms with Crippen molar-refractivity contribution in [1.29, 1.82) is 0 Å². The highest BCUT2D eigenvalue weighted by Gasteiger charge is 2.20. The molecule has 0 saturated heterocycles. The van der Waals surface area contributed by atoms with Crippen LogP contribution in [0.15, 0.2) is 22.8 Å². The zero-order valence-corrected chi connectivity index (χ0v) is 9.15. The van der Waals surface area contributed by atoms with Crippen molar-refractivity contribution in [1.82, 2.24) is 0 Å². The second kappa shape index (κ2) is 6.31. The zero-order chi connectivity index (χ0) is 11.1. The van der Waals surface area contributed by atoms with Crippen LogP contribution in [0.4, 0.5) is 0 Å². The first-order valence-electron chi connectivity index (χ1n) is 5.47. The standard InChI is InChI=1S/C13H18O2/c1-3-5-6-8-11(4-2)13(14)12-9-7-10-15-12/h2,7,9-11,13-14H,3,5-6,8H2,1H3/t11-,13-/m0/s1. The summed E-state index contributed by atoms with van der Waals surface area (Å²) in [6.45, 7) is 2.15. The van der Waals surface area contributed by atoms with Crippen LogP contribution in [0, 0.1) is 18.3 Å². The van der Waals surface area contributed by atoms with Gasteiger partial charge in [-0.3, -0.25) is 0 Å². The Balaban J connectivity index is 2.48. The first kappa shape index (κ1) is 11.9. The van der Waals surface area contributed by atoms with Gasteiger partial charge in [-0.1, -0.05) is 26.2 Å². The molecule has 0 bridgehead atoms. The molecule has 0 fully saturated rings. The third kappa shape index (κ3) is 3.45. The van der Waals surface area contributed by atoms with Gasteiger partial charge >= 0.3 is 0 Å². The van der Waals surface area contributed by atoms with Crippen LogP contribution >= 0.6 is 0 Å². The van der Waals surface area contributed by atoms with Gasteiger partial charge < -0.3 is 9.52 Å². The molecule has 15 heavy (non-hydrogen) atoms. The summed E-state index contributed by atoms with van der Waals surface area (Å²) in [6.07, 6.45) is 10.5. The van der Waals surface area contributed by atoms with Gasteiger partial charge in [-0.15, -0.1) is 12.3 Å². The molecule has 2 atom stereocenters. The summed E-state index contributed by atoms with van der Waals surface area (Å²) in [5, 5.41) is 9.93. The lowest BCUT2D eigenvalue weighted by Gasteiger charge is -2.15. The van der Waals surface area contributed by atoms with Crippen molar-refractivity contribution in [2.45, 2.75) is 38.7 Å². The molecule has 0 saturated carbocycles. The van der Waals surface area contributed by atoms with Gasteiger partial charge in [-0.25, -0.2) is 0 Å². The van der Waals surface area contributed by atoms with Gasteiger partial charge in [0.1, 0.15) is 11.9 Å². The smallest absolute Gasteiger partial charge is 0.133 e. The minimum absolute atomic E-state index is 0.136. The predicted octanol–water partition coefficient (Wildman–Crippen LogP) is 3.14. The number of aliphatic hydroxyl groups excluding tert-OH is 1. The molecule has 0 aliphatic carbocycles. The Morgan fingerprint density at radius 3 is 2.87 bits per heavy atom. The lowest BCUT2D eigenvalue weighted by Crippen LogP contribution is -2.10. The molecule has 0 aromatic carbocycles. The van der Waals surface area contributed by atoms with Gasteiger partial charge in [0.25, 0.3) is 0 Å². The maximum atomic E-state index is 9.93. The molecule has 0 aliphatic heterocycles. The largest absolute Gasteiger partial charge is 0.467 e. The number of aliphatic hydroxyl groups is 1. The van der Waals surface area contributed by atoms with E-state index in [0.29, 0.717) is 5.76 Å². The van der Waals surface area contributed by atoms with Crippen molar-refractivity contribution in [2.75, 3.05) is 0 Å². The maximum absolute atomic E-state index is 9.93. The summed E-state index contributed by atoms with van der Waals surface area (Å²) in [5.74, 6) is 3.07. The van der Waals surface area contributed by atoms with Crippen LogP contribution < -0.4 is 0 Å². The minimum Gasteiger partial charge on any atom is -0.467 e. The summed E-state index contributed by atoms with van der Waals surface area (Å²) in [5.41, 5.74) is 0. The molecular weight excluding hydrogens is 188 g/mol. The number of furan rings is 1. The van der Waals surface area contributed by atoms with Gasteiger partial charge in [0.05, 0.1) is 12.2 Å².